The fourth-order valence-corrected chi connectivity index (χ4v) is 3.47. The van der Waals surface area contributed by atoms with E-state index in [1.807, 2.05) is 61.5 Å². The number of carbonyl (C=O) groups is 2. The lowest BCUT2D eigenvalue weighted by molar-refractivity contribution is 0.0514. The Bertz CT molecular complexity index is 702. The Morgan fingerprint density at radius 1 is 0.735 bits per heavy atom. The van der Waals surface area contributed by atoms with Gasteiger partial charge in [-0.15, -0.1) is 0 Å². The first-order chi connectivity index (χ1) is 15.8. The SMILES string of the molecule is CC.CC(C)(C)OC(=O)NCCCOc1cc(OCCCNC(=O)OC(C)(C)C)c(Br)cc1Br. The number of carbonyl (C=O) groups excluding carboxylic acids is 2. The number of halogens is 2. The van der Waals surface area contributed by atoms with Crippen LogP contribution in [-0.4, -0.2) is 49.7 Å². The van der Waals surface area contributed by atoms with Gasteiger partial charge in [0.15, 0.2) is 0 Å². The van der Waals surface area contributed by atoms with Crippen LogP contribution in [0.25, 0.3) is 0 Å². The zero-order valence-electron chi connectivity index (χ0n) is 21.6. The molecule has 1 rings (SSSR count). The first-order valence-corrected chi connectivity index (χ1v) is 13.0. The zero-order chi connectivity index (χ0) is 26.4. The molecule has 0 aliphatic heterocycles. The molecule has 8 nitrogen and oxygen atoms in total. The second-order valence-corrected chi connectivity index (χ2v) is 10.7. The van der Waals surface area contributed by atoms with Crippen molar-refractivity contribution in [1.29, 1.82) is 0 Å². The van der Waals surface area contributed by atoms with Gasteiger partial charge in [-0.2, -0.15) is 0 Å². The smallest absolute Gasteiger partial charge is 0.407 e. The maximum atomic E-state index is 11.6. The Balaban J connectivity index is 0.00000529. The van der Waals surface area contributed by atoms with Gasteiger partial charge < -0.3 is 29.6 Å². The molecule has 0 saturated heterocycles. The predicted molar refractivity (Wildman–Crippen MR) is 142 cm³/mol. The number of nitrogens with one attached hydrogen (secondary N) is 2. The summed E-state index contributed by atoms with van der Waals surface area (Å²) in [7, 11) is 0. The maximum Gasteiger partial charge on any atom is 0.407 e. The Kier molecular flexibility index (Phi) is 15.3. The molecule has 0 unspecified atom stereocenters. The molecular formula is C24H40Br2N2O6. The summed E-state index contributed by atoms with van der Waals surface area (Å²) in [4.78, 5) is 23.3. The number of ether oxygens (including phenoxy) is 4. The molecular weight excluding hydrogens is 572 g/mol. The van der Waals surface area contributed by atoms with Crippen LogP contribution in [0.5, 0.6) is 11.5 Å². The highest BCUT2D eigenvalue weighted by molar-refractivity contribution is 9.11. The third kappa shape index (κ3) is 16.0. The fraction of sp³-hybridized carbons (Fsp3) is 0.667. The Hall–Kier alpha value is -1.68. The molecule has 0 fully saturated rings. The number of amides is 2. The molecule has 196 valence electrons. The van der Waals surface area contributed by atoms with E-state index < -0.39 is 23.4 Å². The third-order valence-corrected chi connectivity index (χ3v) is 4.72. The van der Waals surface area contributed by atoms with Gasteiger partial charge >= 0.3 is 12.2 Å². The summed E-state index contributed by atoms with van der Waals surface area (Å²) in [5.74, 6) is 1.26. The summed E-state index contributed by atoms with van der Waals surface area (Å²) in [6, 6.07) is 3.64. The minimum Gasteiger partial charge on any atom is -0.492 e. The predicted octanol–water partition coefficient (Wildman–Crippen LogP) is 6.83. The van der Waals surface area contributed by atoms with Crippen molar-refractivity contribution in [2.75, 3.05) is 26.3 Å². The van der Waals surface area contributed by atoms with Crippen molar-refractivity contribution in [1.82, 2.24) is 10.6 Å². The lowest BCUT2D eigenvalue weighted by atomic mass is 10.2. The van der Waals surface area contributed by atoms with Crippen LogP contribution in [0.15, 0.2) is 21.1 Å². The normalized spacial score (nSPS) is 11.0. The molecule has 0 saturated carbocycles. The van der Waals surface area contributed by atoms with Crippen molar-refractivity contribution in [2.45, 2.75) is 79.4 Å². The van der Waals surface area contributed by atoms with Crippen LogP contribution in [0.3, 0.4) is 0 Å². The van der Waals surface area contributed by atoms with Gasteiger partial charge in [0.25, 0.3) is 0 Å². The highest BCUT2D eigenvalue weighted by Crippen LogP contribution is 2.36. The molecule has 0 spiro atoms. The molecule has 2 N–H and O–H groups in total. The second kappa shape index (κ2) is 16.1. The molecule has 0 bridgehead atoms. The highest BCUT2D eigenvalue weighted by Gasteiger charge is 2.16. The minimum absolute atomic E-state index is 0.412. The van der Waals surface area contributed by atoms with Crippen LogP contribution in [0.4, 0.5) is 9.59 Å². The van der Waals surface area contributed by atoms with Crippen LogP contribution in [0.1, 0.15) is 68.2 Å². The van der Waals surface area contributed by atoms with Crippen molar-refractivity contribution in [3.8, 4) is 11.5 Å². The van der Waals surface area contributed by atoms with Gasteiger partial charge in [0.05, 0.1) is 22.2 Å². The number of rotatable bonds is 10. The van der Waals surface area contributed by atoms with E-state index in [1.165, 1.54) is 0 Å². The van der Waals surface area contributed by atoms with Gasteiger partial charge in [-0.25, -0.2) is 9.59 Å². The second-order valence-electron chi connectivity index (χ2n) is 8.97. The largest absolute Gasteiger partial charge is 0.492 e. The standard InChI is InChI=1S/C22H34Br2N2O6.C2H6/c1-21(2,3)31-19(27)25-9-7-11-29-17-14-18(16(24)13-15(17)23)30-12-8-10-26-20(28)32-22(4,5)6;1-2/h13-14H,7-12H2,1-6H3,(H,25,27)(H,26,28);1-2H3. The van der Waals surface area contributed by atoms with Crippen LogP contribution >= 0.6 is 31.9 Å². The van der Waals surface area contributed by atoms with Crippen LogP contribution < -0.4 is 20.1 Å². The van der Waals surface area contributed by atoms with E-state index in [4.69, 9.17) is 18.9 Å². The molecule has 0 radical (unpaired) electrons. The summed E-state index contributed by atoms with van der Waals surface area (Å²) < 4.78 is 23.6. The van der Waals surface area contributed by atoms with E-state index in [-0.39, 0.29) is 0 Å². The average molecular weight is 612 g/mol. The zero-order valence-corrected chi connectivity index (χ0v) is 24.8. The number of benzene rings is 1. The molecule has 0 atom stereocenters. The number of hydrogen-bond acceptors (Lipinski definition) is 6. The first kappa shape index (κ1) is 32.3. The van der Waals surface area contributed by atoms with Gasteiger partial charge in [-0.1, -0.05) is 13.8 Å². The van der Waals surface area contributed by atoms with Gasteiger partial charge in [0.1, 0.15) is 22.7 Å². The molecule has 1 aromatic carbocycles. The summed E-state index contributed by atoms with van der Waals surface area (Å²) in [6.07, 6.45) is 0.348. The molecule has 0 aliphatic carbocycles. The molecule has 0 aliphatic rings. The van der Waals surface area contributed by atoms with Crippen LogP contribution in [0, 0.1) is 0 Å². The van der Waals surface area contributed by atoms with Crippen LogP contribution in [0.2, 0.25) is 0 Å². The third-order valence-electron chi connectivity index (χ3n) is 3.48. The number of hydrogen-bond donors (Lipinski definition) is 2. The topological polar surface area (TPSA) is 95.1 Å². The van der Waals surface area contributed by atoms with Gasteiger partial charge in [0, 0.05) is 19.2 Å². The molecule has 0 aromatic heterocycles. The van der Waals surface area contributed by atoms with E-state index >= 15 is 0 Å². The van der Waals surface area contributed by atoms with E-state index in [0.717, 1.165) is 8.95 Å². The van der Waals surface area contributed by atoms with Gasteiger partial charge in [-0.3, -0.25) is 0 Å². The van der Waals surface area contributed by atoms with E-state index in [0.29, 0.717) is 50.6 Å². The molecule has 2 amide bonds. The minimum atomic E-state index is -0.523. The molecule has 1 aromatic rings. The number of alkyl carbamates (subject to hydrolysis) is 2. The van der Waals surface area contributed by atoms with Gasteiger partial charge in [0.2, 0.25) is 0 Å². The van der Waals surface area contributed by atoms with Crippen molar-refractivity contribution in [3.05, 3.63) is 21.1 Å². The van der Waals surface area contributed by atoms with Gasteiger partial charge in [-0.05, 0) is 92.3 Å². The Morgan fingerprint density at radius 2 is 1.09 bits per heavy atom. The average Bonchev–Trinajstić information content (AvgIpc) is 2.69. The monoisotopic (exact) mass is 610 g/mol. The lowest BCUT2D eigenvalue weighted by Crippen LogP contribution is -2.33. The Morgan fingerprint density at radius 3 is 1.41 bits per heavy atom. The van der Waals surface area contributed by atoms with Crippen molar-refractivity contribution < 1.29 is 28.5 Å². The highest BCUT2D eigenvalue weighted by atomic mass is 79.9. The molecule has 34 heavy (non-hydrogen) atoms. The summed E-state index contributed by atoms with van der Waals surface area (Å²) in [5.41, 5.74) is -1.05. The quantitative estimate of drug-likeness (QED) is 0.282. The maximum absolute atomic E-state index is 11.6. The summed E-state index contributed by atoms with van der Waals surface area (Å²) >= 11 is 6.96. The van der Waals surface area contributed by atoms with E-state index in [1.54, 1.807) is 6.07 Å². The van der Waals surface area contributed by atoms with E-state index in [9.17, 15) is 9.59 Å². The molecule has 10 heteroatoms. The van der Waals surface area contributed by atoms with Crippen LogP contribution in [-0.2, 0) is 9.47 Å². The Labute approximate surface area is 221 Å². The summed E-state index contributed by atoms with van der Waals surface area (Å²) in [5, 5.41) is 5.39. The van der Waals surface area contributed by atoms with Crippen molar-refractivity contribution in [2.24, 2.45) is 0 Å². The summed E-state index contributed by atoms with van der Waals surface area (Å²) in [6.45, 7) is 16.6. The fourth-order valence-electron chi connectivity index (χ4n) is 2.25. The first-order valence-electron chi connectivity index (χ1n) is 11.5. The van der Waals surface area contributed by atoms with Crippen molar-refractivity contribution >= 4 is 44.0 Å². The van der Waals surface area contributed by atoms with E-state index in [2.05, 4.69) is 42.5 Å². The molecule has 0 heterocycles. The lowest BCUT2D eigenvalue weighted by Gasteiger charge is -2.19. The van der Waals surface area contributed by atoms with Crippen molar-refractivity contribution in [3.63, 3.8) is 0 Å².